The summed E-state index contributed by atoms with van der Waals surface area (Å²) < 4.78 is 41.9. The predicted octanol–water partition coefficient (Wildman–Crippen LogP) is 2.53. The van der Waals surface area contributed by atoms with Crippen LogP contribution in [0.5, 0.6) is 17.2 Å². The minimum absolute atomic E-state index is 0.123. The second kappa shape index (κ2) is 7.59. The van der Waals surface area contributed by atoms with E-state index in [0.29, 0.717) is 28.6 Å². The molecule has 1 aliphatic rings. The molecule has 150 valence electrons. The first kappa shape index (κ1) is 19.8. The van der Waals surface area contributed by atoms with Crippen molar-refractivity contribution in [3.05, 3.63) is 42.0 Å². The van der Waals surface area contributed by atoms with Crippen LogP contribution in [0.15, 0.2) is 36.4 Å². The van der Waals surface area contributed by atoms with Crippen LogP contribution < -0.4 is 23.8 Å². The summed E-state index contributed by atoms with van der Waals surface area (Å²) in [5.41, 5.74) is 1.62. The highest BCUT2D eigenvalue weighted by Crippen LogP contribution is 2.35. The summed E-state index contributed by atoms with van der Waals surface area (Å²) in [6.07, 6.45) is 1.05. The Hall–Kier alpha value is -2.94. The summed E-state index contributed by atoms with van der Waals surface area (Å²) in [6.45, 7) is 3.48. The zero-order valence-corrected chi connectivity index (χ0v) is 16.9. The van der Waals surface area contributed by atoms with Gasteiger partial charge in [0.1, 0.15) is 11.8 Å². The molecule has 2 aromatic rings. The number of hydrogen-bond acceptors (Lipinski definition) is 6. The van der Waals surface area contributed by atoms with Crippen LogP contribution in [0.3, 0.4) is 0 Å². The third-order valence-electron chi connectivity index (χ3n) is 4.30. The van der Waals surface area contributed by atoms with Crippen LogP contribution in [0.4, 0.5) is 11.4 Å². The Balaban J connectivity index is 1.91. The first-order chi connectivity index (χ1) is 13.2. The van der Waals surface area contributed by atoms with Gasteiger partial charge in [0, 0.05) is 11.8 Å². The van der Waals surface area contributed by atoms with Gasteiger partial charge in [0.05, 0.1) is 19.1 Å². The molecule has 2 aromatic carbocycles. The number of nitrogens with zero attached hydrogens (tertiary/aromatic N) is 1. The summed E-state index contributed by atoms with van der Waals surface area (Å²) in [5, 5.41) is 2.72. The molecule has 0 saturated carbocycles. The Morgan fingerprint density at radius 2 is 1.89 bits per heavy atom. The fourth-order valence-corrected chi connectivity index (χ4v) is 4.14. The van der Waals surface area contributed by atoms with E-state index in [1.807, 2.05) is 6.92 Å². The number of nitrogens with one attached hydrogen (secondary N) is 1. The lowest BCUT2D eigenvalue weighted by Gasteiger charge is -2.29. The molecule has 1 amide bonds. The largest absolute Gasteiger partial charge is 0.495 e. The zero-order valence-electron chi connectivity index (χ0n) is 16.1. The highest BCUT2D eigenvalue weighted by Gasteiger charge is 2.31. The number of carbonyl (C=O) groups excluding carboxylic acids is 1. The highest BCUT2D eigenvalue weighted by atomic mass is 32.2. The van der Waals surface area contributed by atoms with Crippen LogP contribution in [-0.4, -0.2) is 40.5 Å². The van der Waals surface area contributed by atoms with Gasteiger partial charge in [-0.25, -0.2) is 8.42 Å². The lowest BCUT2D eigenvalue weighted by atomic mass is 10.2. The molecule has 0 fully saturated rings. The van der Waals surface area contributed by atoms with Gasteiger partial charge >= 0.3 is 0 Å². The smallest absolute Gasteiger partial charge is 0.247 e. The molecular formula is C19H22N2O6S. The first-order valence-electron chi connectivity index (χ1n) is 8.55. The maximum absolute atomic E-state index is 12.8. The molecule has 0 saturated heterocycles. The second-order valence-corrected chi connectivity index (χ2v) is 8.33. The number of aryl methyl sites for hydroxylation is 1. The molecule has 3 rings (SSSR count). The highest BCUT2D eigenvalue weighted by molar-refractivity contribution is 7.92. The first-order valence-corrected chi connectivity index (χ1v) is 10.4. The summed E-state index contributed by atoms with van der Waals surface area (Å²) in [5.74, 6) is 0.977. The Morgan fingerprint density at radius 1 is 1.18 bits per heavy atom. The number of rotatable bonds is 6. The maximum atomic E-state index is 12.8. The fourth-order valence-electron chi connectivity index (χ4n) is 2.97. The van der Waals surface area contributed by atoms with Crippen LogP contribution >= 0.6 is 0 Å². The summed E-state index contributed by atoms with van der Waals surface area (Å²) in [7, 11) is -2.32. The predicted molar refractivity (Wildman–Crippen MR) is 106 cm³/mol. The van der Waals surface area contributed by atoms with Gasteiger partial charge < -0.3 is 19.5 Å². The van der Waals surface area contributed by atoms with Crippen LogP contribution in [0.1, 0.15) is 12.5 Å². The average molecular weight is 406 g/mol. The van der Waals surface area contributed by atoms with Crippen LogP contribution in [-0.2, 0) is 14.8 Å². The van der Waals surface area contributed by atoms with Crippen LogP contribution in [0.25, 0.3) is 0 Å². The number of benzene rings is 2. The molecular weight excluding hydrogens is 384 g/mol. The minimum atomic E-state index is -3.77. The molecule has 1 aliphatic heterocycles. The van der Waals surface area contributed by atoms with Crippen molar-refractivity contribution in [2.45, 2.75) is 19.9 Å². The molecule has 8 nitrogen and oxygen atoms in total. The number of fused-ring (bicyclic) bond motifs is 1. The SMILES string of the molecule is COc1ccc(C)cc1N([C@H](C)C(=O)Nc1ccc2c(c1)OCO2)S(C)(=O)=O. The van der Waals surface area contributed by atoms with E-state index in [1.54, 1.807) is 36.4 Å². The van der Waals surface area contributed by atoms with Gasteiger partial charge in [-0.1, -0.05) is 6.07 Å². The number of amides is 1. The number of sulfonamides is 1. The molecule has 0 spiro atoms. The normalized spacial score (nSPS) is 13.7. The van der Waals surface area contributed by atoms with E-state index in [9.17, 15) is 13.2 Å². The van der Waals surface area contributed by atoms with Gasteiger partial charge in [-0.3, -0.25) is 9.10 Å². The monoisotopic (exact) mass is 406 g/mol. The van der Waals surface area contributed by atoms with Crippen LogP contribution in [0.2, 0.25) is 0 Å². The van der Waals surface area contributed by atoms with Crippen molar-refractivity contribution in [3.63, 3.8) is 0 Å². The minimum Gasteiger partial charge on any atom is -0.495 e. The summed E-state index contributed by atoms with van der Waals surface area (Å²) in [6, 6.07) is 9.10. The van der Waals surface area contributed by atoms with E-state index in [2.05, 4.69) is 5.32 Å². The Kier molecular flexibility index (Phi) is 5.37. The third-order valence-corrected chi connectivity index (χ3v) is 5.53. The van der Waals surface area contributed by atoms with E-state index >= 15 is 0 Å². The number of hydrogen-bond donors (Lipinski definition) is 1. The fraction of sp³-hybridized carbons (Fsp3) is 0.316. The van der Waals surface area contributed by atoms with E-state index in [-0.39, 0.29) is 6.79 Å². The topological polar surface area (TPSA) is 94.2 Å². The van der Waals surface area contributed by atoms with Crippen molar-refractivity contribution in [2.75, 3.05) is 29.8 Å². The Morgan fingerprint density at radius 3 is 2.57 bits per heavy atom. The number of methoxy groups -OCH3 is 1. The molecule has 28 heavy (non-hydrogen) atoms. The van der Waals surface area contributed by atoms with E-state index in [4.69, 9.17) is 14.2 Å². The van der Waals surface area contributed by atoms with Gasteiger partial charge in [0.25, 0.3) is 0 Å². The van der Waals surface area contributed by atoms with Crippen molar-refractivity contribution < 1.29 is 27.4 Å². The molecule has 1 N–H and O–H groups in total. The second-order valence-electron chi connectivity index (χ2n) is 6.47. The number of anilines is 2. The van der Waals surface area contributed by atoms with E-state index in [1.165, 1.54) is 14.0 Å². The van der Waals surface area contributed by atoms with Crippen molar-refractivity contribution in [3.8, 4) is 17.2 Å². The molecule has 0 unspecified atom stereocenters. The Labute approximate surface area is 164 Å². The van der Waals surface area contributed by atoms with Gasteiger partial charge in [-0.15, -0.1) is 0 Å². The van der Waals surface area contributed by atoms with Crippen molar-refractivity contribution in [2.24, 2.45) is 0 Å². The zero-order chi connectivity index (χ0) is 20.5. The van der Waals surface area contributed by atoms with Crippen molar-refractivity contribution >= 4 is 27.3 Å². The molecule has 0 bridgehead atoms. The molecule has 1 atom stereocenters. The lowest BCUT2D eigenvalue weighted by Crippen LogP contribution is -2.45. The van der Waals surface area contributed by atoms with Crippen LogP contribution in [0, 0.1) is 6.92 Å². The Bertz CT molecular complexity index is 1010. The average Bonchev–Trinajstić information content (AvgIpc) is 3.08. The third kappa shape index (κ3) is 3.99. The van der Waals surface area contributed by atoms with E-state index < -0.39 is 22.0 Å². The number of carbonyl (C=O) groups is 1. The lowest BCUT2D eigenvalue weighted by molar-refractivity contribution is -0.116. The molecule has 0 aliphatic carbocycles. The van der Waals surface area contributed by atoms with Crippen molar-refractivity contribution in [1.82, 2.24) is 0 Å². The molecule has 0 aromatic heterocycles. The van der Waals surface area contributed by atoms with E-state index in [0.717, 1.165) is 16.1 Å². The van der Waals surface area contributed by atoms with Gasteiger partial charge in [0.15, 0.2) is 11.5 Å². The molecule has 9 heteroatoms. The maximum Gasteiger partial charge on any atom is 0.247 e. The quantitative estimate of drug-likeness (QED) is 0.792. The molecule has 0 radical (unpaired) electrons. The van der Waals surface area contributed by atoms with Gasteiger partial charge in [0.2, 0.25) is 22.7 Å². The standard InChI is InChI=1S/C19H22N2O6S/c1-12-5-7-16(25-3)15(9-12)21(28(4,23)24)13(2)19(22)20-14-6-8-17-18(10-14)27-11-26-17/h5-10,13H,11H2,1-4H3,(H,20,22)/t13-/m1/s1. The summed E-state index contributed by atoms with van der Waals surface area (Å²) in [4.78, 5) is 12.8. The van der Waals surface area contributed by atoms with Gasteiger partial charge in [-0.05, 0) is 43.7 Å². The summed E-state index contributed by atoms with van der Waals surface area (Å²) >= 11 is 0. The number of ether oxygens (including phenoxy) is 3. The van der Waals surface area contributed by atoms with Gasteiger partial charge in [-0.2, -0.15) is 0 Å². The molecule has 1 heterocycles. The van der Waals surface area contributed by atoms with Crippen molar-refractivity contribution in [1.29, 1.82) is 0 Å².